The van der Waals surface area contributed by atoms with Crippen LogP contribution in [0.3, 0.4) is 0 Å². The number of nitrogens with zero attached hydrogens (tertiary/aromatic N) is 1. The average Bonchev–Trinajstić information content (AvgIpc) is 3.03. The largest absolute Gasteiger partial charge is 0.394 e. The van der Waals surface area contributed by atoms with Gasteiger partial charge in [-0.15, -0.1) is 0 Å². The summed E-state index contributed by atoms with van der Waals surface area (Å²) in [5.74, 6) is 0.767. The Morgan fingerprint density at radius 1 is 1.41 bits per heavy atom. The number of aliphatic hydroxyl groups excluding tert-OH is 1. The molecule has 1 saturated carbocycles. The molecule has 2 N–H and O–H groups in total. The van der Waals surface area contributed by atoms with Crippen LogP contribution in [0.5, 0.6) is 0 Å². The standard InChI is InChI=1S/C12H22N2O3/c15-8-11-2-1-6-14(11)12(16)13-5-7-17-9-10-3-4-10/h10-11,15H,1-9H2,(H,13,16). The number of urea groups is 1. The number of nitrogens with one attached hydrogen (secondary N) is 1. The van der Waals surface area contributed by atoms with Gasteiger partial charge in [-0.25, -0.2) is 4.79 Å². The van der Waals surface area contributed by atoms with Crippen molar-refractivity contribution in [2.24, 2.45) is 5.92 Å². The first-order valence-corrected chi connectivity index (χ1v) is 6.54. The summed E-state index contributed by atoms with van der Waals surface area (Å²) in [6.45, 7) is 2.78. The average molecular weight is 242 g/mol. The van der Waals surface area contributed by atoms with Crippen molar-refractivity contribution < 1.29 is 14.6 Å². The molecule has 98 valence electrons. The van der Waals surface area contributed by atoms with E-state index in [0.29, 0.717) is 13.2 Å². The van der Waals surface area contributed by atoms with Crippen LogP contribution in [0.2, 0.25) is 0 Å². The molecular weight excluding hydrogens is 220 g/mol. The Balaban J connectivity index is 1.56. The summed E-state index contributed by atoms with van der Waals surface area (Å²) < 4.78 is 5.44. The fourth-order valence-corrected chi connectivity index (χ4v) is 2.16. The number of hydrogen-bond acceptors (Lipinski definition) is 3. The first-order chi connectivity index (χ1) is 8.31. The lowest BCUT2D eigenvalue weighted by atomic mass is 10.2. The number of rotatable bonds is 6. The van der Waals surface area contributed by atoms with Gasteiger partial charge < -0.3 is 20.1 Å². The number of carbonyl (C=O) groups is 1. The van der Waals surface area contributed by atoms with Gasteiger partial charge in [-0.1, -0.05) is 0 Å². The Bertz CT molecular complexity index is 256. The van der Waals surface area contributed by atoms with Crippen molar-refractivity contribution in [1.82, 2.24) is 10.2 Å². The molecule has 0 aromatic carbocycles. The van der Waals surface area contributed by atoms with E-state index in [2.05, 4.69) is 5.32 Å². The minimum atomic E-state index is -0.0726. The van der Waals surface area contributed by atoms with Crippen LogP contribution in [0.1, 0.15) is 25.7 Å². The lowest BCUT2D eigenvalue weighted by molar-refractivity contribution is 0.121. The maximum absolute atomic E-state index is 11.8. The minimum absolute atomic E-state index is 0.00221. The molecule has 1 aliphatic heterocycles. The third-order valence-corrected chi connectivity index (χ3v) is 3.42. The molecule has 2 rings (SSSR count). The van der Waals surface area contributed by atoms with Crippen LogP contribution in [-0.4, -0.2) is 55.0 Å². The molecule has 0 aromatic rings. The summed E-state index contributed by atoms with van der Waals surface area (Å²) in [6, 6.07) is -0.0704. The van der Waals surface area contributed by atoms with Gasteiger partial charge in [0.15, 0.2) is 0 Å². The molecule has 1 saturated heterocycles. The first-order valence-electron chi connectivity index (χ1n) is 6.54. The fraction of sp³-hybridized carbons (Fsp3) is 0.917. The summed E-state index contributed by atoms with van der Waals surface area (Å²) in [5, 5.41) is 12.0. The van der Waals surface area contributed by atoms with Gasteiger partial charge in [0.2, 0.25) is 0 Å². The second-order valence-electron chi connectivity index (χ2n) is 4.92. The van der Waals surface area contributed by atoms with E-state index in [1.807, 2.05) is 0 Å². The fourth-order valence-electron chi connectivity index (χ4n) is 2.16. The monoisotopic (exact) mass is 242 g/mol. The lowest BCUT2D eigenvalue weighted by Gasteiger charge is -2.23. The number of likely N-dealkylation sites (tertiary alicyclic amines) is 1. The quantitative estimate of drug-likeness (QED) is 0.670. The Kier molecular flexibility index (Phi) is 4.62. The van der Waals surface area contributed by atoms with E-state index in [4.69, 9.17) is 9.84 Å². The van der Waals surface area contributed by atoms with E-state index in [0.717, 1.165) is 31.9 Å². The zero-order valence-corrected chi connectivity index (χ0v) is 10.2. The molecule has 2 aliphatic rings. The van der Waals surface area contributed by atoms with Crippen LogP contribution in [0.4, 0.5) is 4.79 Å². The molecule has 2 fully saturated rings. The van der Waals surface area contributed by atoms with Gasteiger partial charge in [0.25, 0.3) is 0 Å². The van der Waals surface area contributed by atoms with Gasteiger partial charge in [-0.05, 0) is 31.6 Å². The molecule has 1 heterocycles. The predicted octanol–water partition coefficient (Wildman–Crippen LogP) is 0.579. The first kappa shape index (κ1) is 12.6. The molecule has 1 aliphatic carbocycles. The van der Waals surface area contributed by atoms with Crippen LogP contribution in [-0.2, 0) is 4.74 Å². The SMILES string of the molecule is O=C(NCCOCC1CC1)N1CCCC1CO. The third kappa shape index (κ3) is 3.85. The van der Waals surface area contributed by atoms with Crippen LogP contribution >= 0.6 is 0 Å². The maximum atomic E-state index is 11.8. The molecule has 5 heteroatoms. The maximum Gasteiger partial charge on any atom is 0.317 e. The van der Waals surface area contributed by atoms with Crippen molar-refractivity contribution in [3.8, 4) is 0 Å². The van der Waals surface area contributed by atoms with E-state index < -0.39 is 0 Å². The van der Waals surface area contributed by atoms with Gasteiger partial charge in [0.1, 0.15) is 0 Å². The number of ether oxygens (including phenoxy) is 1. The third-order valence-electron chi connectivity index (χ3n) is 3.42. The number of carbonyl (C=O) groups excluding carboxylic acids is 1. The van der Waals surface area contributed by atoms with Gasteiger partial charge in [0, 0.05) is 19.7 Å². The molecule has 0 aromatic heterocycles. The smallest absolute Gasteiger partial charge is 0.317 e. The van der Waals surface area contributed by atoms with Crippen molar-refractivity contribution in [1.29, 1.82) is 0 Å². The van der Waals surface area contributed by atoms with Gasteiger partial charge in [-0.2, -0.15) is 0 Å². The highest BCUT2D eigenvalue weighted by Gasteiger charge is 2.27. The lowest BCUT2D eigenvalue weighted by Crippen LogP contribution is -2.45. The summed E-state index contributed by atoms with van der Waals surface area (Å²) in [7, 11) is 0. The van der Waals surface area contributed by atoms with E-state index >= 15 is 0 Å². The van der Waals surface area contributed by atoms with Crippen LogP contribution in [0, 0.1) is 5.92 Å². The van der Waals surface area contributed by atoms with Crippen molar-refractivity contribution in [2.75, 3.05) is 32.9 Å². The summed E-state index contributed by atoms with van der Waals surface area (Å²) in [6.07, 6.45) is 4.47. The van der Waals surface area contributed by atoms with Gasteiger partial charge in [0.05, 0.1) is 19.3 Å². The summed E-state index contributed by atoms with van der Waals surface area (Å²) >= 11 is 0. The Hall–Kier alpha value is -0.810. The number of amides is 2. The Morgan fingerprint density at radius 3 is 2.94 bits per heavy atom. The molecule has 0 radical (unpaired) electrons. The minimum Gasteiger partial charge on any atom is -0.394 e. The van der Waals surface area contributed by atoms with Crippen molar-refractivity contribution in [2.45, 2.75) is 31.7 Å². The molecule has 17 heavy (non-hydrogen) atoms. The van der Waals surface area contributed by atoms with Gasteiger partial charge in [-0.3, -0.25) is 0 Å². The topological polar surface area (TPSA) is 61.8 Å². The zero-order valence-electron chi connectivity index (χ0n) is 10.2. The highest BCUT2D eigenvalue weighted by molar-refractivity contribution is 5.74. The molecule has 1 unspecified atom stereocenters. The molecule has 2 amide bonds. The predicted molar refractivity (Wildman–Crippen MR) is 63.8 cm³/mol. The normalized spacial score (nSPS) is 24.1. The van der Waals surface area contributed by atoms with E-state index in [1.165, 1.54) is 12.8 Å². The van der Waals surface area contributed by atoms with Crippen molar-refractivity contribution in [3.05, 3.63) is 0 Å². The van der Waals surface area contributed by atoms with Crippen LogP contribution in [0.25, 0.3) is 0 Å². The summed E-state index contributed by atoms with van der Waals surface area (Å²) in [4.78, 5) is 13.5. The van der Waals surface area contributed by atoms with E-state index in [9.17, 15) is 4.79 Å². The van der Waals surface area contributed by atoms with E-state index in [-0.39, 0.29) is 18.7 Å². The molecule has 0 bridgehead atoms. The Morgan fingerprint density at radius 2 is 2.24 bits per heavy atom. The Labute approximate surface area is 102 Å². The van der Waals surface area contributed by atoms with E-state index in [1.54, 1.807) is 4.90 Å². The number of hydrogen-bond donors (Lipinski definition) is 2. The van der Waals surface area contributed by atoms with Crippen molar-refractivity contribution in [3.63, 3.8) is 0 Å². The summed E-state index contributed by atoms with van der Waals surface area (Å²) in [5.41, 5.74) is 0. The zero-order chi connectivity index (χ0) is 12.1. The van der Waals surface area contributed by atoms with Crippen molar-refractivity contribution >= 4 is 6.03 Å². The molecule has 0 spiro atoms. The van der Waals surface area contributed by atoms with Crippen LogP contribution < -0.4 is 5.32 Å². The molecular formula is C12H22N2O3. The molecule has 5 nitrogen and oxygen atoms in total. The van der Waals surface area contributed by atoms with Gasteiger partial charge >= 0.3 is 6.03 Å². The highest BCUT2D eigenvalue weighted by atomic mass is 16.5. The molecule has 1 atom stereocenters. The number of aliphatic hydroxyl groups is 1. The second kappa shape index (κ2) is 6.21. The highest BCUT2D eigenvalue weighted by Crippen LogP contribution is 2.28. The second-order valence-corrected chi connectivity index (χ2v) is 4.92. The van der Waals surface area contributed by atoms with Crippen LogP contribution in [0.15, 0.2) is 0 Å².